The van der Waals surface area contributed by atoms with Crippen LogP contribution in [0, 0.1) is 17.8 Å². The van der Waals surface area contributed by atoms with Crippen molar-refractivity contribution in [2.75, 3.05) is 6.54 Å². The molecule has 0 amide bonds. The number of esters is 1. The molecule has 1 fully saturated rings. The number of carbonyl (C=O) groups excluding carboxylic acids is 1. The molecule has 0 unspecified atom stereocenters. The fourth-order valence-electron chi connectivity index (χ4n) is 6.19. The fourth-order valence-corrected chi connectivity index (χ4v) is 9.13. The van der Waals surface area contributed by atoms with E-state index in [0.717, 1.165) is 29.0 Å². The van der Waals surface area contributed by atoms with Gasteiger partial charge in [-0.15, -0.1) is 0 Å². The Labute approximate surface area is 227 Å². The SMILES string of the molecule is CC(C)[C@@H]1CC[C@@H](C)C[C@H]1OC(=O)C1=CCN(P(=O)(c2ccccc2)c2ccccc2)[C@H]1c1ccccc1. The van der Waals surface area contributed by atoms with Gasteiger partial charge < -0.3 is 4.74 Å². The van der Waals surface area contributed by atoms with Crippen molar-refractivity contribution in [1.82, 2.24) is 4.67 Å². The second-order valence-corrected chi connectivity index (χ2v) is 13.8. The Bertz CT molecular complexity index is 1260. The first kappa shape index (κ1) is 26.7. The molecule has 0 N–H and O–H groups in total. The van der Waals surface area contributed by atoms with Crippen molar-refractivity contribution >= 4 is 23.9 Å². The number of benzene rings is 3. The molecule has 4 nitrogen and oxygen atoms in total. The second kappa shape index (κ2) is 11.4. The Hall–Kier alpha value is -2.94. The van der Waals surface area contributed by atoms with Gasteiger partial charge in [-0.25, -0.2) is 9.46 Å². The molecule has 5 heteroatoms. The van der Waals surface area contributed by atoms with Crippen LogP contribution in [0.5, 0.6) is 0 Å². The monoisotopic (exact) mass is 527 g/mol. The molecule has 38 heavy (non-hydrogen) atoms. The van der Waals surface area contributed by atoms with Gasteiger partial charge in [-0.1, -0.05) is 100.0 Å². The maximum absolute atomic E-state index is 15.3. The van der Waals surface area contributed by atoms with E-state index in [-0.39, 0.29) is 12.1 Å². The topological polar surface area (TPSA) is 46.6 Å². The van der Waals surface area contributed by atoms with Crippen molar-refractivity contribution in [2.45, 2.75) is 52.2 Å². The van der Waals surface area contributed by atoms with E-state index in [1.807, 2.05) is 102 Å². The van der Waals surface area contributed by atoms with Crippen LogP contribution in [0.1, 0.15) is 51.6 Å². The highest BCUT2D eigenvalue weighted by Gasteiger charge is 2.46. The summed E-state index contributed by atoms with van der Waals surface area (Å²) in [6.45, 7) is 7.10. The van der Waals surface area contributed by atoms with Crippen molar-refractivity contribution in [3.8, 4) is 0 Å². The van der Waals surface area contributed by atoms with Crippen LogP contribution >= 0.6 is 7.29 Å². The summed E-state index contributed by atoms with van der Waals surface area (Å²) in [5, 5.41) is 1.52. The summed E-state index contributed by atoms with van der Waals surface area (Å²) in [4.78, 5) is 13.9. The average Bonchev–Trinajstić information content (AvgIpc) is 3.40. The van der Waals surface area contributed by atoms with Crippen LogP contribution in [0.25, 0.3) is 0 Å². The summed E-state index contributed by atoms with van der Waals surface area (Å²) in [7, 11) is -3.28. The molecular weight excluding hydrogens is 489 g/mol. The Morgan fingerprint density at radius 1 is 0.868 bits per heavy atom. The zero-order chi connectivity index (χ0) is 26.7. The first-order chi connectivity index (χ1) is 18.4. The quantitative estimate of drug-likeness (QED) is 0.248. The van der Waals surface area contributed by atoms with E-state index < -0.39 is 13.3 Å². The lowest BCUT2D eigenvalue weighted by Crippen LogP contribution is -2.37. The Balaban J connectivity index is 1.54. The predicted molar refractivity (Wildman–Crippen MR) is 155 cm³/mol. The molecule has 1 saturated carbocycles. The number of hydrogen-bond acceptors (Lipinski definition) is 3. The lowest BCUT2D eigenvalue weighted by Gasteiger charge is -2.38. The lowest BCUT2D eigenvalue weighted by molar-refractivity contribution is -0.151. The molecule has 0 radical (unpaired) electrons. The molecule has 0 saturated heterocycles. The molecule has 198 valence electrons. The van der Waals surface area contributed by atoms with E-state index >= 15 is 4.57 Å². The smallest absolute Gasteiger partial charge is 0.335 e. The van der Waals surface area contributed by atoms with Crippen LogP contribution < -0.4 is 10.6 Å². The Kier molecular flexibility index (Phi) is 8.02. The minimum atomic E-state index is -3.28. The molecule has 1 aliphatic heterocycles. The Morgan fingerprint density at radius 3 is 1.97 bits per heavy atom. The summed E-state index contributed by atoms with van der Waals surface area (Å²) in [5.74, 6) is 1.08. The summed E-state index contributed by atoms with van der Waals surface area (Å²) in [6.07, 6.45) is 5.01. The highest BCUT2D eigenvalue weighted by molar-refractivity contribution is 7.76. The number of ether oxygens (including phenoxy) is 1. The van der Waals surface area contributed by atoms with Crippen molar-refractivity contribution in [2.24, 2.45) is 17.8 Å². The van der Waals surface area contributed by atoms with Gasteiger partial charge in [0.15, 0.2) is 0 Å². The summed E-state index contributed by atoms with van der Waals surface area (Å²) in [5.41, 5.74) is 1.53. The number of rotatable bonds is 7. The third-order valence-electron chi connectivity index (χ3n) is 8.24. The lowest BCUT2D eigenvalue weighted by atomic mass is 9.75. The Morgan fingerprint density at radius 2 is 1.42 bits per heavy atom. The third kappa shape index (κ3) is 5.17. The largest absolute Gasteiger partial charge is 0.459 e. The molecule has 0 bridgehead atoms. The highest BCUT2D eigenvalue weighted by atomic mass is 31.2. The van der Waals surface area contributed by atoms with E-state index in [0.29, 0.717) is 29.9 Å². The van der Waals surface area contributed by atoms with E-state index in [1.165, 1.54) is 6.42 Å². The van der Waals surface area contributed by atoms with Gasteiger partial charge in [0.1, 0.15) is 6.10 Å². The second-order valence-electron chi connectivity index (χ2n) is 11.1. The normalized spacial score (nSPS) is 24.3. The van der Waals surface area contributed by atoms with Crippen LogP contribution in [0.3, 0.4) is 0 Å². The maximum atomic E-state index is 15.3. The summed E-state index contributed by atoms with van der Waals surface area (Å²) < 4.78 is 23.6. The van der Waals surface area contributed by atoms with E-state index in [1.54, 1.807) is 0 Å². The van der Waals surface area contributed by atoms with Gasteiger partial charge in [0.05, 0.1) is 11.6 Å². The van der Waals surface area contributed by atoms with E-state index in [9.17, 15) is 4.79 Å². The van der Waals surface area contributed by atoms with Crippen molar-refractivity contribution in [3.05, 3.63) is 108 Å². The zero-order valence-corrected chi connectivity index (χ0v) is 23.5. The molecular formula is C33H38NO3P. The summed E-state index contributed by atoms with van der Waals surface area (Å²) >= 11 is 0. The van der Waals surface area contributed by atoms with Crippen LogP contribution in [0.15, 0.2) is 103 Å². The number of nitrogens with zero attached hydrogens (tertiary/aromatic N) is 1. The van der Waals surface area contributed by atoms with Gasteiger partial charge in [0.2, 0.25) is 7.29 Å². The maximum Gasteiger partial charge on any atom is 0.335 e. The van der Waals surface area contributed by atoms with Crippen LogP contribution in [-0.4, -0.2) is 23.3 Å². The fraction of sp³-hybridized carbons (Fsp3) is 0.364. The molecule has 3 aromatic rings. The van der Waals surface area contributed by atoms with Crippen LogP contribution in [-0.2, 0) is 14.1 Å². The average molecular weight is 528 g/mol. The molecule has 2 aliphatic rings. The molecule has 4 atom stereocenters. The molecule has 3 aromatic carbocycles. The van der Waals surface area contributed by atoms with Gasteiger partial charge in [-0.3, -0.25) is 4.57 Å². The van der Waals surface area contributed by atoms with Gasteiger partial charge in [0, 0.05) is 17.2 Å². The predicted octanol–water partition coefficient (Wildman–Crippen LogP) is 6.90. The first-order valence-electron chi connectivity index (χ1n) is 13.8. The molecule has 0 aromatic heterocycles. The van der Waals surface area contributed by atoms with Gasteiger partial charge in [0.25, 0.3) is 0 Å². The standard InChI is InChI=1S/C33H38NO3P/c1-24(2)29-20-19-25(3)23-31(29)37-33(35)30-21-22-34(32(30)26-13-7-4-8-14-26)38(36,27-15-9-5-10-16-27)28-17-11-6-12-18-28/h4-18,21,24-25,29,31-32H,19-20,22-23H2,1-3H3/t25-,29+,31-,32+/m1/s1. The third-order valence-corrected chi connectivity index (χ3v) is 11.3. The van der Waals surface area contributed by atoms with E-state index in [2.05, 4.69) is 20.8 Å². The zero-order valence-electron chi connectivity index (χ0n) is 22.6. The highest BCUT2D eigenvalue weighted by Crippen LogP contribution is 2.56. The minimum Gasteiger partial charge on any atom is -0.459 e. The molecule has 5 rings (SSSR count). The van der Waals surface area contributed by atoms with Crippen molar-refractivity contribution in [3.63, 3.8) is 0 Å². The number of carbonyl (C=O) groups is 1. The molecule has 1 aliphatic carbocycles. The van der Waals surface area contributed by atoms with Gasteiger partial charge in [-0.05, 0) is 60.4 Å². The summed E-state index contributed by atoms with van der Waals surface area (Å²) in [6, 6.07) is 28.8. The van der Waals surface area contributed by atoms with Crippen LogP contribution in [0.2, 0.25) is 0 Å². The molecule has 1 heterocycles. The minimum absolute atomic E-state index is 0.0901. The van der Waals surface area contributed by atoms with Crippen molar-refractivity contribution < 1.29 is 14.1 Å². The van der Waals surface area contributed by atoms with Gasteiger partial charge >= 0.3 is 5.97 Å². The first-order valence-corrected chi connectivity index (χ1v) is 15.5. The molecule has 0 spiro atoms. The number of hydrogen-bond donors (Lipinski definition) is 0. The van der Waals surface area contributed by atoms with Crippen LogP contribution in [0.4, 0.5) is 0 Å². The van der Waals surface area contributed by atoms with Gasteiger partial charge in [-0.2, -0.15) is 0 Å². The van der Waals surface area contributed by atoms with E-state index in [4.69, 9.17) is 4.74 Å². The van der Waals surface area contributed by atoms with Crippen molar-refractivity contribution in [1.29, 1.82) is 0 Å².